The standard InChI is InChI=1S/C23H26FN3O4/c24-17-4-6-18(7-5-17)27(11-9-22(25)28)23(29)15-26-10-1-2-19(26)16-3-8-20-21(14-16)31-13-12-30-20/h3-8,14,19H,1-2,9-13,15H2,(H2,25,28)/t19-/m0/s1. The maximum absolute atomic E-state index is 13.3. The van der Waals surface area contributed by atoms with Crippen LogP contribution in [-0.2, 0) is 9.59 Å². The van der Waals surface area contributed by atoms with Gasteiger partial charge in [0, 0.05) is 24.7 Å². The third kappa shape index (κ3) is 4.96. The first-order chi connectivity index (χ1) is 15.0. The van der Waals surface area contributed by atoms with Crippen LogP contribution in [0.25, 0.3) is 0 Å². The Balaban J connectivity index is 1.50. The molecule has 1 fully saturated rings. The normalized spacial score (nSPS) is 18.0. The van der Waals surface area contributed by atoms with Crippen molar-refractivity contribution in [2.45, 2.75) is 25.3 Å². The molecule has 1 saturated heterocycles. The Morgan fingerprint density at radius 2 is 1.84 bits per heavy atom. The zero-order valence-corrected chi connectivity index (χ0v) is 17.3. The molecule has 0 aromatic heterocycles. The molecule has 2 aromatic rings. The van der Waals surface area contributed by atoms with Crippen molar-refractivity contribution < 1.29 is 23.5 Å². The number of halogens is 1. The summed E-state index contributed by atoms with van der Waals surface area (Å²) in [6.45, 7) is 2.20. The molecule has 0 saturated carbocycles. The summed E-state index contributed by atoms with van der Waals surface area (Å²) in [4.78, 5) is 28.1. The monoisotopic (exact) mass is 427 g/mol. The number of nitrogens with zero attached hydrogens (tertiary/aromatic N) is 2. The summed E-state index contributed by atoms with van der Waals surface area (Å²) in [5, 5.41) is 0. The average molecular weight is 427 g/mol. The molecule has 7 nitrogen and oxygen atoms in total. The van der Waals surface area contributed by atoms with Crippen LogP contribution in [-0.4, -0.2) is 49.6 Å². The second-order valence-corrected chi connectivity index (χ2v) is 7.77. The number of anilines is 1. The number of hydrogen-bond donors (Lipinski definition) is 1. The van der Waals surface area contributed by atoms with Crippen molar-refractivity contribution >= 4 is 17.5 Å². The molecule has 2 aliphatic heterocycles. The summed E-state index contributed by atoms with van der Waals surface area (Å²) >= 11 is 0. The first kappa shape index (κ1) is 21.1. The molecule has 2 heterocycles. The van der Waals surface area contributed by atoms with E-state index < -0.39 is 5.91 Å². The predicted octanol–water partition coefficient (Wildman–Crippen LogP) is 2.64. The Bertz CT molecular complexity index is 950. The summed E-state index contributed by atoms with van der Waals surface area (Å²) in [6.07, 6.45) is 1.95. The Kier molecular flexibility index (Phi) is 6.36. The highest BCUT2D eigenvalue weighted by atomic mass is 19.1. The number of carbonyl (C=O) groups is 2. The predicted molar refractivity (Wildman–Crippen MR) is 114 cm³/mol. The van der Waals surface area contributed by atoms with Crippen molar-refractivity contribution in [2.75, 3.05) is 37.7 Å². The van der Waals surface area contributed by atoms with E-state index in [0.717, 1.165) is 36.4 Å². The van der Waals surface area contributed by atoms with E-state index in [1.165, 1.54) is 29.2 Å². The maximum Gasteiger partial charge on any atom is 0.241 e. The second-order valence-electron chi connectivity index (χ2n) is 7.77. The van der Waals surface area contributed by atoms with Gasteiger partial charge in [0.1, 0.15) is 19.0 Å². The van der Waals surface area contributed by atoms with E-state index in [1.807, 2.05) is 18.2 Å². The number of hydrogen-bond acceptors (Lipinski definition) is 5. The molecule has 0 bridgehead atoms. The Hall–Kier alpha value is -3.13. The lowest BCUT2D eigenvalue weighted by Gasteiger charge is -2.29. The molecule has 164 valence electrons. The van der Waals surface area contributed by atoms with Crippen molar-refractivity contribution in [3.8, 4) is 11.5 Å². The number of likely N-dealkylation sites (tertiary alicyclic amines) is 1. The molecule has 4 rings (SSSR count). The average Bonchev–Trinajstić information content (AvgIpc) is 3.22. The Morgan fingerprint density at radius 1 is 1.10 bits per heavy atom. The number of ether oxygens (including phenoxy) is 2. The topological polar surface area (TPSA) is 85.1 Å². The first-order valence-corrected chi connectivity index (χ1v) is 10.5. The van der Waals surface area contributed by atoms with E-state index in [1.54, 1.807) is 0 Å². The van der Waals surface area contributed by atoms with Crippen LogP contribution in [0, 0.1) is 5.82 Å². The van der Waals surface area contributed by atoms with E-state index in [9.17, 15) is 14.0 Å². The summed E-state index contributed by atoms with van der Waals surface area (Å²) in [7, 11) is 0. The zero-order valence-electron chi connectivity index (χ0n) is 17.3. The van der Waals surface area contributed by atoms with Crippen LogP contribution in [0.15, 0.2) is 42.5 Å². The van der Waals surface area contributed by atoms with Gasteiger partial charge in [-0.2, -0.15) is 0 Å². The molecule has 0 aliphatic carbocycles. The fourth-order valence-corrected chi connectivity index (χ4v) is 4.16. The number of fused-ring (bicyclic) bond motifs is 1. The molecule has 2 aliphatic rings. The SMILES string of the molecule is NC(=O)CCN(C(=O)CN1CCC[C@H]1c1ccc2c(c1)OCCO2)c1ccc(F)cc1. The largest absolute Gasteiger partial charge is 0.486 e. The molecule has 2 aromatic carbocycles. The number of amides is 2. The molecule has 1 atom stereocenters. The minimum Gasteiger partial charge on any atom is -0.486 e. The van der Waals surface area contributed by atoms with Gasteiger partial charge in [0.05, 0.1) is 6.54 Å². The van der Waals surface area contributed by atoms with E-state index >= 15 is 0 Å². The van der Waals surface area contributed by atoms with Crippen molar-refractivity contribution in [1.82, 2.24) is 4.90 Å². The molecule has 31 heavy (non-hydrogen) atoms. The van der Waals surface area contributed by atoms with Gasteiger partial charge in [0.25, 0.3) is 0 Å². The number of benzene rings is 2. The lowest BCUT2D eigenvalue weighted by Crippen LogP contribution is -2.41. The van der Waals surface area contributed by atoms with Crippen LogP contribution in [0.1, 0.15) is 30.9 Å². The van der Waals surface area contributed by atoms with Crippen LogP contribution >= 0.6 is 0 Å². The smallest absolute Gasteiger partial charge is 0.241 e. The lowest BCUT2D eigenvalue weighted by molar-refractivity contribution is -0.120. The van der Waals surface area contributed by atoms with Crippen molar-refractivity contribution in [3.05, 3.63) is 53.8 Å². The third-order valence-electron chi connectivity index (χ3n) is 5.67. The van der Waals surface area contributed by atoms with Crippen molar-refractivity contribution in [2.24, 2.45) is 5.73 Å². The van der Waals surface area contributed by atoms with E-state index in [-0.39, 0.29) is 37.3 Å². The Labute approximate surface area is 180 Å². The highest BCUT2D eigenvalue weighted by molar-refractivity contribution is 5.95. The van der Waals surface area contributed by atoms with Gasteiger partial charge in [-0.1, -0.05) is 6.07 Å². The Morgan fingerprint density at radius 3 is 2.58 bits per heavy atom. The van der Waals surface area contributed by atoms with Crippen molar-refractivity contribution in [3.63, 3.8) is 0 Å². The summed E-state index contributed by atoms with van der Waals surface area (Å²) in [5.41, 5.74) is 6.92. The summed E-state index contributed by atoms with van der Waals surface area (Å²) in [6, 6.07) is 11.7. The summed E-state index contributed by atoms with van der Waals surface area (Å²) < 4.78 is 24.7. The van der Waals surface area contributed by atoms with Gasteiger partial charge in [-0.3, -0.25) is 14.5 Å². The summed E-state index contributed by atoms with van der Waals surface area (Å²) in [5.74, 6) is 0.442. The van der Waals surface area contributed by atoms with Gasteiger partial charge in [-0.05, 0) is 61.3 Å². The van der Waals surface area contributed by atoms with E-state index in [4.69, 9.17) is 15.2 Å². The second kappa shape index (κ2) is 9.34. The zero-order chi connectivity index (χ0) is 21.8. The number of carbonyl (C=O) groups excluding carboxylic acids is 2. The fraction of sp³-hybridized carbons (Fsp3) is 0.391. The lowest BCUT2D eigenvalue weighted by atomic mass is 10.0. The van der Waals surface area contributed by atoms with Gasteiger partial charge in [0.2, 0.25) is 11.8 Å². The maximum atomic E-state index is 13.3. The molecule has 0 spiro atoms. The van der Waals surface area contributed by atoms with E-state index in [2.05, 4.69) is 4.90 Å². The number of nitrogens with two attached hydrogens (primary N) is 1. The van der Waals surface area contributed by atoms with Gasteiger partial charge < -0.3 is 20.1 Å². The first-order valence-electron chi connectivity index (χ1n) is 10.5. The van der Waals surface area contributed by atoms with Gasteiger partial charge >= 0.3 is 0 Å². The molecule has 2 N–H and O–H groups in total. The van der Waals surface area contributed by atoms with Crippen molar-refractivity contribution in [1.29, 1.82) is 0 Å². The quantitative estimate of drug-likeness (QED) is 0.734. The van der Waals surface area contributed by atoms with Crippen LogP contribution in [0.4, 0.5) is 10.1 Å². The molecule has 0 radical (unpaired) electrons. The highest BCUT2D eigenvalue weighted by Gasteiger charge is 2.30. The molecule has 8 heteroatoms. The molecular weight excluding hydrogens is 401 g/mol. The molecule has 0 unspecified atom stereocenters. The van der Waals surface area contributed by atoms with Gasteiger partial charge in [-0.25, -0.2) is 4.39 Å². The molecule has 2 amide bonds. The van der Waals surface area contributed by atoms with Crippen LogP contribution in [0.2, 0.25) is 0 Å². The van der Waals surface area contributed by atoms with Crippen LogP contribution in [0.5, 0.6) is 11.5 Å². The highest BCUT2D eigenvalue weighted by Crippen LogP contribution is 2.38. The van der Waals surface area contributed by atoms with E-state index in [0.29, 0.717) is 18.9 Å². The minimum atomic E-state index is -0.491. The van der Waals surface area contributed by atoms with Crippen LogP contribution in [0.3, 0.4) is 0 Å². The molecular formula is C23H26FN3O4. The minimum absolute atomic E-state index is 0.0364. The van der Waals surface area contributed by atoms with Crippen LogP contribution < -0.4 is 20.1 Å². The van der Waals surface area contributed by atoms with Gasteiger partial charge in [0.15, 0.2) is 11.5 Å². The number of primary amides is 1. The van der Waals surface area contributed by atoms with Gasteiger partial charge in [-0.15, -0.1) is 0 Å². The third-order valence-corrected chi connectivity index (χ3v) is 5.67. The number of rotatable bonds is 7. The fourth-order valence-electron chi connectivity index (χ4n) is 4.16.